The maximum atomic E-state index is 5.98. The number of likely N-dealkylation sites (N-methyl/N-ethyl adjacent to an activating group) is 1. The highest BCUT2D eigenvalue weighted by Gasteiger charge is 2.41. The van der Waals surface area contributed by atoms with Crippen LogP contribution in [0.2, 0.25) is 0 Å². The van der Waals surface area contributed by atoms with E-state index in [0.717, 1.165) is 13.0 Å². The molecule has 0 radical (unpaired) electrons. The van der Waals surface area contributed by atoms with Crippen LogP contribution >= 0.6 is 0 Å². The lowest BCUT2D eigenvalue weighted by molar-refractivity contribution is -0.0351. The molecule has 0 aromatic heterocycles. The molecule has 0 amide bonds. The van der Waals surface area contributed by atoms with Gasteiger partial charge in [-0.15, -0.1) is 0 Å². The van der Waals surface area contributed by atoms with Gasteiger partial charge in [-0.05, 0) is 45.2 Å². The SMILES string of the molecule is CCNC(Cc1cc(C)cc(C)c1)C1(OC)CCCC1. The number of nitrogens with one attached hydrogen (secondary N) is 1. The molecular weight excluding hydrogens is 246 g/mol. The van der Waals surface area contributed by atoms with Gasteiger partial charge in [0, 0.05) is 13.2 Å². The summed E-state index contributed by atoms with van der Waals surface area (Å²) >= 11 is 0. The first-order chi connectivity index (χ1) is 9.59. The number of ether oxygens (including phenoxy) is 1. The summed E-state index contributed by atoms with van der Waals surface area (Å²) in [5.74, 6) is 0. The number of aryl methyl sites for hydroxylation is 2. The van der Waals surface area contributed by atoms with Gasteiger partial charge in [0.25, 0.3) is 0 Å². The lowest BCUT2D eigenvalue weighted by atomic mass is 9.86. The Balaban J connectivity index is 2.20. The van der Waals surface area contributed by atoms with Crippen molar-refractivity contribution in [3.8, 4) is 0 Å². The van der Waals surface area contributed by atoms with Crippen LogP contribution in [-0.2, 0) is 11.2 Å². The molecule has 1 aliphatic carbocycles. The molecule has 1 aliphatic rings. The van der Waals surface area contributed by atoms with Crippen LogP contribution in [0.25, 0.3) is 0 Å². The first-order valence-corrected chi connectivity index (χ1v) is 7.95. The van der Waals surface area contributed by atoms with Crippen molar-refractivity contribution in [2.75, 3.05) is 13.7 Å². The van der Waals surface area contributed by atoms with Crippen LogP contribution < -0.4 is 5.32 Å². The van der Waals surface area contributed by atoms with Crippen molar-refractivity contribution < 1.29 is 4.74 Å². The Morgan fingerprint density at radius 2 is 1.75 bits per heavy atom. The average molecular weight is 275 g/mol. The standard InChI is InChI=1S/C18H29NO/c1-5-19-17(18(20-4)8-6-7-9-18)13-16-11-14(2)10-15(3)12-16/h10-12,17,19H,5-9,13H2,1-4H3. The zero-order valence-corrected chi connectivity index (χ0v) is 13.5. The molecule has 1 saturated carbocycles. The zero-order valence-electron chi connectivity index (χ0n) is 13.5. The van der Waals surface area contributed by atoms with Gasteiger partial charge in [-0.3, -0.25) is 0 Å². The molecule has 0 aliphatic heterocycles. The van der Waals surface area contributed by atoms with Crippen LogP contribution in [0.1, 0.15) is 49.3 Å². The van der Waals surface area contributed by atoms with E-state index < -0.39 is 0 Å². The van der Waals surface area contributed by atoms with E-state index in [9.17, 15) is 0 Å². The number of rotatable bonds is 6. The maximum Gasteiger partial charge on any atom is 0.0834 e. The van der Waals surface area contributed by atoms with Crippen LogP contribution in [0, 0.1) is 13.8 Å². The molecule has 1 N–H and O–H groups in total. The van der Waals surface area contributed by atoms with Gasteiger partial charge in [0.05, 0.1) is 5.60 Å². The molecule has 1 aromatic carbocycles. The minimum absolute atomic E-state index is 0.0354. The molecule has 1 fully saturated rings. The van der Waals surface area contributed by atoms with Crippen molar-refractivity contribution in [2.24, 2.45) is 0 Å². The summed E-state index contributed by atoms with van der Waals surface area (Å²) in [4.78, 5) is 0. The second-order valence-corrected chi connectivity index (χ2v) is 6.29. The van der Waals surface area contributed by atoms with E-state index in [0.29, 0.717) is 6.04 Å². The minimum atomic E-state index is 0.0354. The van der Waals surface area contributed by atoms with Crippen LogP contribution in [0.3, 0.4) is 0 Å². The molecule has 0 heterocycles. The fourth-order valence-electron chi connectivity index (χ4n) is 3.78. The molecule has 20 heavy (non-hydrogen) atoms. The lowest BCUT2D eigenvalue weighted by Crippen LogP contribution is -2.51. The lowest BCUT2D eigenvalue weighted by Gasteiger charge is -2.37. The van der Waals surface area contributed by atoms with Crippen molar-refractivity contribution in [3.05, 3.63) is 34.9 Å². The van der Waals surface area contributed by atoms with E-state index in [2.05, 4.69) is 44.3 Å². The minimum Gasteiger partial charge on any atom is -0.377 e. The van der Waals surface area contributed by atoms with Gasteiger partial charge in [-0.2, -0.15) is 0 Å². The van der Waals surface area contributed by atoms with Crippen LogP contribution in [-0.4, -0.2) is 25.3 Å². The second kappa shape index (κ2) is 6.73. The third kappa shape index (κ3) is 3.42. The molecular formula is C18H29NO. The van der Waals surface area contributed by atoms with Gasteiger partial charge in [0.1, 0.15) is 0 Å². The van der Waals surface area contributed by atoms with E-state index in [1.165, 1.54) is 42.4 Å². The quantitative estimate of drug-likeness (QED) is 0.853. The molecule has 1 aromatic rings. The summed E-state index contributed by atoms with van der Waals surface area (Å²) < 4.78 is 5.98. The molecule has 0 saturated heterocycles. The molecule has 1 unspecified atom stereocenters. The van der Waals surface area contributed by atoms with E-state index in [4.69, 9.17) is 4.74 Å². The van der Waals surface area contributed by atoms with Gasteiger partial charge >= 0.3 is 0 Å². The normalized spacial score (nSPS) is 19.2. The smallest absolute Gasteiger partial charge is 0.0834 e. The van der Waals surface area contributed by atoms with Crippen LogP contribution in [0.4, 0.5) is 0 Å². The maximum absolute atomic E-state index is 5.98. The highest BCUT2D eigenvalue weighted by atomic mass is 16.5. The highest BCUT2D eigenvalue weighted by molar-refractivity contribution is 5.29. The van der Waals surface area contributed by atoms with Crippen molar-refractivity contribution in [1.29, 1.82) is 0 Å². The van der Waals surface area contributed by atoms with Crippen LogP contribution in [0.5, 0.6) is 0 Å². The Kier molecular flexibility index (Phi) is 5.22. The molecule has 1 atom stereocenters. The van der Waals surface area contributed by atoms with E-state index >= 15 is 0 Å². The summed E-state index contributed by atoms with van der Waals surface area (Å²) in [6.45, 7) is 7.55. The van der Waals surface area contributed by atoms with Crippen molar-refractivity contribution in [2.45, 2.75) is 64.5 Å². The van der Waals surface area contributed by atoms with Crippen molar-refractivity contribution in [1.82, 2.24) is 5.32 Å². The molecule has 0 spiro atoms. The molecule has 0 bridgehead atoms. The summed E-state index contributed by atoms with van der Waals surface area (Å²) in [5, 5.41) is 3.68. The predicted octanol–water partition coefficient (Wildman–Crippen LogP) is 3.78. The molecule has 2 nitrogen and oxygen atoms in total. The molecule has 2 heteroatoms. The van der Waals surface area contributed by atoms with E-state index in [1.807, 2.05) is 7.11 Å². The fourth-order valence-corrected chi connectivity index (χ4v) is 3.78. The van der Waals surface area contributed by atoms with E-state index in [1.54, 1.807) is 0 Å². The monoisotopic (exact) mass is 275 g/mol. The highest BCUT2D eigenvalue weighted by Crippen LogP contribution is 2.37. The van der Waals surface area contributed by atoms with Gasteiger partial charge in [0.15, 0.2) is 0 Å². The first-order valence-electron chi connectivity index (χ1n) is 7.95. The van der Waals surface area contributed by atoms with Gasteiger partial charge < -0.3 is 10.1 Å². The fraction of sp³-hybridized carbons (Fsp3) is 0.667. The summed E-state index contributed by atoms with van der Waals surface area (Å²) in [6, 6.07) is 7.29. The van der Waals surface area contributed by atoms with Gasteiger partial charge in [-0.25, -0.2) is 0 Å². The average Bonchev–Trinajstić information content (AvgIpc) is 2.87. The first kappa shape index (κ1) is 15.5. The van der Waals surface area contributed by atoms with Crippen molar-refractivity contribution in [3.63, 3.8) is 0 Å². The third-order valence-electron chi connectivity index (χ3n) is 4.66. The number of benzene rings is 1. The third-order valence-corrected chi connectivity index (χ3v) is 4.66. The number of methoxy groups -OCH3 is 1. The second-order valence-electron chi connectivity index (χ2n) is 6.29. The van der Waals surface area contributed by atoms with Gasteiger partial charge in [-0.1, -0.05) is 49.1 Å². The summed E-state index contributed by atoms with van der Waals surface area (Å²) in [7, 11) is 1.89. The zero-order chi connectivity index (χ0) is 14.6. The summed E-state index contributed by atoms with van der Waals surface area (Å²) in [6.07, 6.45) is 6.02. The Labute approximate surface area is 123 Å². The van der Waals surface area contributed by atoms with Crippen LogP contribution in [0.15, 0.2) is 18.2 Å². The Morgan fingerprint density at radius 1 is 1.15 bits per heavy atom. The van der Waals surface area contributed by atoms with E-state index in [-0.39, 0.29) is 5.60 Å². The summed E-state index contributed by atoms with van der Waals surface area (Å²) in [5.41, 5.74) is 4.17. The number of hydrogen-bond donors (Lipinski definition) is 1. The Hall–Kier alpha value is -0.860. The van der Waals surface area contributed by atoms with Gasteiger partial charge in [0.2, 0.25) is 0 Å². The number of hydrogen-bond acceptors (Lipinski definition) is 2. The molecule has 112 valence electrons. The van der Waals surface area contributed by atoms with Crippen molar-refractivity contribution >= 4 is 0 Å². The Morgan fingerprint density at radius 3 is 2.25 bits per heavy atom. The Bertz CT molecular complexity index is 415. The predicted molar refractivity (Wildman–Crippen MR) is 85.3 cm³/mol. The largest absolute Gasteiger partial charge is 0.377 e. The topological polar surface area (TPSA) is 21.3 Å². The molecule has 2 rings (SSSR count).